The van der Waals surface area contributed by atoms with Gasteiger partial charge in [0.2, 0.25) is 0 Å². The van der Waals surface area contributed by atoms with Crippen LogP contribution in [0.3, 0.4) is 0 Å². The third-order valence-corrected chi connectivity index (χ3v) is 8.92. The van der Waals surface area contributed by atoms with Gasteiger partial charge in [0, 0.05) is 24.1 Å². The molecule has 0 atom stereocenters. The number of nitrogens with one attached hydrogen (secondary N) is 1. The van der Waals surface area contributed by atoms with E-state index in [1.54, 1.807) is 18.3 Å². The van der Waals surface area contributed by atoms with Gasteiger partial charge in [-0.1, -0.05) is 12.1 Å². The van der Waals surface area contributed by atoms with Crippen LogP contribution in [-0.2, 0) is 9.84 Å². The van der Waals surface area contributed by atoms with Gasteiger partial charge in [0.1, 0.15) is 17.2 Å². The molecule has 0 bridgehead atoms. The van der Waals surface area contributed by atoms with Gasteiger partial charge >= 0.3 is 6.36 Å². The third kappa shape index (κ3) is 5.56. The predicted octanol–water partition coefficient (Wildman–Crippen LogP) is 5.80. The van der Waals surface area contributed by atoms with Crippen molar-refractivity contribution in [1.29, 1.82) is 0 Å². The molecular weight excluding hydrogens is 505 g/mol. The molecule has 1 aliphatic rings. The molecule has 37 heavy (non-hydrogen) atoms. The van der Waals surface area contributed by atoms with Crippen molar-refractivity contribution in [3.05, 3.63) is 72.8 Å². The molecule has 1 fully saturated rings. The number of anilines is 1. The summed E-state index contributed by atoms with van der Waals surface area (Å²) in [6, 6.07) is 13.5. The van der Waals surface area contributed by atoms with Gasteiger partial charge in [-0.05, 0) is 80.1 Å². The zero-order valence-electron chi connectivity index (χ0n) is 19.9. The Hall–Kier alpha value is -3.60. The van der Waals surface area contributed by atoms with Crippen molar-refractivity contribution in [2.24, 2.45) is 0 Å². The quantitative estimate of drug-likeness (QED) is 0.339. The first-order chi connectivity index (χ1) is 17.6. The van der Waals surface area contributed by atoms with Crippen molar-refractivity contribution in [1.82, 2.24) is 14.4 Å². The van der Waals surface area contributed by atoms with Crippen LogP contribution in [0.5, 0.6) is 5.75 Å². The van der Waals surface area contributed by atoms with Crippen molar-refractivity contribution in [2.75, 3.05) is 5.32 Å². The Morgan fingerprint density at radius 2 is 1.62 bits per heavy atom. The highest BCUT2D eigenvalue weighted by molar-refractivity contribution is 7.92. The zero-order chi connectivity index (χ0) is 26.2. The van der Waals surface area contributed by atoms with E-state index in [2.05, 4.69) is 20.0 Å². The second kappa shape index (κ2) is 9.70. The molecule has 194 valence electrons. The SMILES string of the molecule is Cc1cnc2ccc(-c3ccc(S(=O)(=O)[C@H]4CC[C@H](Nc5ccc(OC(F)(F)F)cn5)CC4)cc3)cn12. The van der Waals surface area contributed by atoms with Gasteiger partial charge in [-0.2, -0.15) is 0 Å². The lowest BCUT2D eigenvalue weighted by molar-refractivity contribution is -0.274. The van der Waals surface area contributed by atoms with Crippen LogP contribution in [0.25, 0.3) is 16.8 Å². The highest BCUT2D eigenvalue weighted by Gasteiger charge is 2.33. The monoisotopic (exact) mass is 530 g/mol. The summed E-state index contributed by atoms with van der Waals surface area (Å²) in [6.45, 7) is 1.98. The van der Waals surface area contributed by atoms with E-state index in [1.807, 2.05) is 41.8 Å². The fourth-order valence-corrected chi connectivity index (χ4v) is 6.48. The Morgan fingerprint density at radius 3 is 2.27 bits per heavy atom. The minimum absolute atomic E-state index is 0.0164. The van der Waals surface area contributed by atoms with Gasteiger partial charge in [0.15, 0.2) is 9.84 Å². The van der Waals surface area contributed by atoms with Gasteiger partial charge < -0.3 is 14.5 Å². The van der Waals surface area contributed by atoms with Gasteiger partial charge in [-0.25, -0.2) is 18.4 Å². The maximum Gasteiger partial charge on any atom is 0.573 e. The second-order valence-electron chi connectivity index (χ2n) is 9.16. The third-order valence-electron chi connectivity index (χ3n) is 6.64. The molecule has 7 nitrogen and oxygen atoms in total. The van der Waals surface area contributed by atoms with Gasteiger partial charge in [-0.15, -0.1) is 13.2 Å². The lowest BCUT2D eigenvalue weighted by Gasteiger charge is -2.29. The highest BCUT2D eigenvalue weighted by atomic mass is 32.2. The van der Waals surface area contributed by atoms with Crippen LogP contribution in [0.4, 0.5) is 19.0 Å². The first-order valence-electron chi connectivity index (χ1n) is 11.8. The Labute approximate surface area is 212 Å². The van der Waals surface area contributed by atoms with Crippen LogP contribution in [0.2, 0.25) is 0 Å². The van der Waals surface area contributed by atoms with Crippen molar-refractivity contribution >= 4 is 21.3 Å². The second-order valence-corrected chi connectivity index (χ2v) is 11.4. The largest absolute Gasteiger partial charge is 0.573 e. The average molecular weight is 531 g/mol. The molecule has 0 amide bonds. The summed E-state index contributed by atoms with van der Waals surface area (Å²) in [5.41, 5.74) is 3.76. The van der Waals surface area contributed by atoms with Crippen molar-refractivity contribution in [3.8, 4) is 16.9 Å². The summed E-state index contributed by atoms with van der Waals surface area (Å²) in [6.07, 6.45) is 2.20. The van der Waals surface area contributed by atoms with E-state index in [0.717, 1.165) is 28.7 Å². The number of alkyl halides is 3. The summed E-state index contributed by atoms with van der Waals surface area (Å²) >= 11 is 0. The van der Waals surface area contributed by atoms with Crippen molar-refractivity contribution in [2.45, 2.75) is 55.2 Å². The molecule has 1 saturated carbocycles. The molecule has 0 unspecified atom stereocenters. The number of halogens is 3. The van der Waals surface area contributed by atoms with Crippen LogP contribution in [0, 0.1) is 6.92 Å². The minimum Gasteiger partial charge on any atom is -0.404 e. The van der Waals surface area contributed by atoms with Crippen molar-refractivity contribution in [3.63, 3.8) is 0 Å². The topological polar surface area (TPSA) is 85.6 Å². The van der Waals surface area contributed by atoms with E-state index in [0.29, 0.717) is 36.4 Å². The summed E-state index contributed by atoms with van der Waals surface area (Å²) in [4.78, 5) is 8.59. The first kappa shape index (κ1) is 25.1. The number of benzene rings is 1. The van der Waals surface area contributed by atoms with Gasteiger partial charge in [-0.3, -0.25) is 0 Å². The summed E-state index contributed by atoms with van der Waals surface area (Å²) < 4.78 is 69.3. The molecule has 0 radical (unpaired) electrons. The average Bonchev–Trinajstić information content (AvgIpc) is 3.25. The number of ether oxygens (including phenoxy) is 1. The molecule has 1 aliphatic carbocycles. The highest BCUT2D eigenvalue weighted by Crippen LogP contribution is 2.32. The maximum atomic E-state index is 13.3. The van der Waals surface area contributed by atoms with Gasteiger partial charge in [0.25, 0.3) is 0 Å². The van der Waals surface area contributed by atoms with Crippen LogP contribution in [-0.4, -0.2) is 40.4 Å². The number of fused-ring (bicyclic) bond motifs is 1. The normalized spacial score (nSPS) is 18.6. The lowest BCUT2D eigenvalue weighted by atomic mass is 9.95. The number of nitrogens with zero attached hydrogens (tertiary/aromatic N) is 3. The van der Waals surface area contributed by atoms with E-state index < -0.39 is 27.2 Å². The Morgan fingerprint density at radius 1 is 0.919 bits per heavy atom. The molecule has 1 N–H and O–H groups in total. The molecule has 0 aliphatic heterocycles. The van der Waals surface area contributed by atoms with E-state index in [1.165, 1.54) is 12.1 Å². The number of hydrogen-bond donors (Lipinski definition) is 1. The summed E-state index contributed by atoms with van der Waals surface area (Å²) in [5, 5.41) is 2.68. The minimum atomic E-state index is -4.77. The molecule has 3 aromatic heterocycles. The number of aryl methyl sites for hydroxylation is 1. The van der Waals surface area contributed by atoms with E-state index in [-0.39, 0.29) is 6.04 Å². The Kier molecular flexibility index (Phi) is 6.57. The number of rotatable bonds is 6. The standard InChI is InChI=1S/C26H25F3N4O3S/c1-17-14-31-25-13-4-19(16-33(17)25)18-2-8-22(9-3-18)37(34,35)23-10-5-20(6-11-23)32-24-12-7-21(15-30-24)36-26(27,28)29/h2-4,7-9,12-16,20,23H,5-6,10-11H2,1H3,(H,30,32)/t20-,23-. The maximum absolute atomic E-state index is 13.3. The number of sulfone groups is 1. The fourth-order valence-electron chi connectivity index (χ4n) is 4.69. The van der Waals surface area contributed by atoms with Gasteiger partial charge in [0.05, 0.1) is 16.3 Å². The van der Waals surface area contributed by atoms with E-state index in [4.69, 9.17) is 0 Å². The number of aromatic nitrogens is 3. The molecule has 1 aromatic carbocycles. The van der Waals surface area contributed by atoms with E-state index >= 15 is 0 Å². The lowest BCUT2D eigenvalue weighted by Crippen LogP contribution is -2.33. The van der Waals surface area contributed by atoms with Crippen LogP contribution in [0.1, 0.15) is 31.4 Å². The molecule has 0 saturated heterocycles. The van der Waals surface area contributed by atoms with Crippen LogP contribution < -0.4 is 10.1 Å². The number of hydrogen-bond acceptors (Lipinski definition) is 6. The molecule has 0 spiro atoms. The smallest absolute Gasteiger partial charge is 0.404 e. The molecule has 5 rings (SSSR count). The van der Waals surface area contributed by atoms with E-state index in [9.17, 15) is 21.6 Å². The molecule has 3 heterocycles. The summed E-state index contributed by atoms with van der Waals surface area (Å²) in [7, 11) is -3.49. The van der Waals surface area contributed by atoms with Crippen LogP contribution in [0.15, 0.2) is 72.0 Å². The molecule has 4 aromatic rings. The molecular formula is C26H25F3N4O3S. The number of imidazole rings is 1. The van der Waals surface area contributed by atoms with Crippen LogP contribution >= 0.6 is 0 Å². The summed E-state index contributed by atoms with van der Waals surface area (Å²) in [5.74, 6) is 0.0248. The Balaban J connectivity index is 1.20. The fraction of sp³-hybridized carbons (Fsp3) is 0.308. The first-order valence-corrected chi connectivity index (χ1v) is 13.4. The Bertz CT molecular complexity index is 1490. The zero-order valence-corrected chi connectivity index (χ0v) is 20.8. The van der Waals surface area contributed by atoms with Crippen molar-refractivity contribution < 1.29 is 26.3 Å². The molecule has 11 heteroatoms. The predicted molar refractivity (Wildman–Crippen MR) is 133 cm³/mol. The number of pyridine rings is 2.